The second-order valence-corrected chi connectivity index (χ2v) is 7.81. The Morgan fingerprint density at radius 3 is 2.35 bits per heavy atom. The summed E-state index contributed by atoms with van der Waals surface area (Å²) < 4.78 is 20.3. The van der Waals surface area contributed by atoms with Gasteiger partial charge >= 0.3 is 0 Å². The lowest BCUT2D eigenvalue weighted by Gasteiger charge is -2.39. The molecule has 0 spiro atoms. The van der Waals surface area contributed by atoms with Gasteiger partial charge in [-0.05, 0) is 17.7 Å². The fraction of sp³-hybridized carbons (Fsp3) is 0.333. The van der Waals surface area contributed by atoms with E-state index in [-0.39, 0.29) is 6.04 Å². The molecule has 2 aromatic rings. The summed E-state index contributed by atoms with van der Waals surface area (Å²) in [7, 11) is 0. The van der Waals surface area contributed by atoms with E-state index in [1.807, 2.05) is 28.6 Å². The minimum Gasteiger partial charge on any atom is -0.593 e. The third kappa shape index (κ3) is 5.43. The Kier molecular flexibility index (Phi) is 7.29. The minimum absolute atomic E-state index is 0.0926. The molecule has 1 unspecified atom stereocenters. The van der Waals surface area contributed by atoms with Crippen molar-refractivity contribution < 1.29 is 9.29 Å². The van der Waals surface area contributed by atoms with Crippen molar-refractivity contribution in [3.05, 3.63) is 83.8 Å². The summed E-state index contributed by atoms with van der Waals surface area (Å²) in [6.07, 6.45) is 0. The smallest absolute Gasteiger partial charge is 0.131 e. The van der Waals surface area contributed by atoms with E-state index in [2.05, 4.69) is 47.9 Å². The van der Waals surface area contributed by atoms with Crippen molar-refractivity contribution in [1.29, 1.82) is 0 Å². The van der Waals surface area contributed by atoms with Crippen molar-refractivity contribution in [2.45, 2.75) is 19.2 Å². The number of nitrogens with zero attached hydrogens (tertiary/aromatic N) is 2. The molecular weight excluding hydrogens is 344 g/mol. The quantitative estimate of drug-likeness (QED) is 0.669. The fourth-order valence-corrected chi connectivity index (χ4v) is 4.12. The van der Waals surface area contributed by atoms with Gasteiger partial charge in [0.15, 0.2) is 0 Å². The van der Waals surface area contributed by atoms with Crippen LogP contribution in [0.2, 0.25) is 0 Å². The molecule has 1 fully saturated rings. The topological polar surface area (TPSA) is 38.8 Å². The van der Waals surface area contributed by atoms with E-state index in [1.54, 1.807) is 0 Å². The van der Waals surface area contributed by atoms with Gasteiger partial charge < -0.3 is 9.29 Å². The number of benzene rings is 2. The van der Waals surface area contributed by atoms with Crippen molar-refractivity contribution in [1.82, 2.24) is 9.21 Å². The molecule has 2 atom stereocenters. The van der Waals surface area contributed by atoms with Crippen LogP contribution in [0.1, 0.15) is 11.1 Å². The first kappa shape index (κ1) is 19.1. The highest BCUT2D eigenvalue weighted by atomic mass is 32.2. The zero-order valence-electron chi connectivity index (χ0n) is 15.0. The first-order chi connectivity index (χ1) is 12.8. The van der Waals surface area contributed by atoms with Gasteiger partial charge in [0.05, 0.1) is 37.2 Å². The molecule has 1 aliphatic rings. The van der Waals surface area contributed by atoms with Gasteiger partial charge in [-0.2, -0.15) is 0 Å². The highest BCUT2D eigenvalue weighted by molar-refractivity contribution is 7.92. The van der Waals surface area contributed by atoms with Gasteiger partial charge in [-0.15, -0.1) is 4.31 Å². The van der Waals surface area contributed by atoms with Gasteiger partial charge in [0.1, 0.15) is 5.41 Å². The molecule has 0 N–H and O–H groups in total. The number of ether oxygens (including phenoxy) is 1. The van der Waals surface area contributed by atoms with Crippen LogP contribution in [0, 0.1) is 0 Å². The molecule has 4 nitrogen and oxygen atoms in total. The van der Waals surface area contributed by atoms with E-state index in [9.17, 15) is 4.55 Å². The summed E-state index contributed by atoms with van der Waals surface area (Å²) in [6.45, 7) is 8.21. The Morgan fingerprint density at radius 1 is 1.04 bits per heavy atom. The third-order valence-electron chi connectivity index (χ3n) is 4.56. The van der Waals surface area contributed by atoms with E-state index in [4.69, 9.17) is 4.74 Å². The number of hydrogen-bond donors (Lipinski definition) is 0. The number of piperazine rings is 1. The van der Waals surface area contributed by atoms with Crippen molar-refractivity contribution in [3.8, 4) is 0 Å². The summed E-state index contributed by atoms with van der Waals surface area (Å²) in [5.74, 6) is 0. The monoisotopic (exact) mass is 370 g/mol. The number of hydrogen-bond acceptors (Lipinski definition) is 4. The van der Waals surface area contributed by atoms with E-state index >= 15 is 0 Å². The second-order valence-electron chi connectivity index (χ2n) is 6.46. The minimum atomic E-state index is -1.16. The normalized spacial score (nSPS) is 20.0. The Balaban J connectivity index is 1.58. The highest BCUT2D eigenvalue weighted by Gasteiger charge is 2.34. The molecule has 26 heavy (non-hydrogen) atoms. The Bertz CT molecular complexity index is 668. The molecule has 0 radical (unpaired) electrons. The highest BCUT2D eigenvalue weighted by Crippen LogP contribution is 2.18. The molecule has 1 saturated heterocycles. The van der Waals surface area contributed by atoms with Crippen LogP contribution >= 0.6 is 0 Å². The lowest BCUT2D eigenvalue weighted by Crippen LogP contribution is -2.56. The van der Waals surface area contributed by atoms with Gasteiger partial charge in [0, 0.05) is 19.6 Å². The molecule has 1 aliphatic heterocycles. The predicted molar refractivity (Wildman–Crippen MR) is 107 cm³/mol. The van der Waals surface area contributed by atoms with Gasteiger partial charge in [-0.25, -0.2) is 0 Å². The fourth-order valence-electron chi connectivity index (χ4n) is 3.24. The maximum Gasteiger partial charge on any atom is 0.131 e. The number of rotatable bonds is 8. The second kappa shape index (κ2) is 9.90. The van der Waals surface area contributed by atoms with Crippen LogP contribution < -0.4 is 0 Å². The third-order valence-corrected chi connectivity index (χ3v) is 5.79. The van der Waals surface area contributed by atoms with Crippen LogP contribution in [0.5, 0.6) is 0 Å². The molecule has 1 heterocycles. The first-order valence-corrected chi connectivity index (χ1v) is 10.1. The van der Waals surface area contributed by atoms with Crippen molar-refractivity contribution >= 4 is 11.4 Å². The van der Waals surface area contributed by atoms with E-state index in [1.165, 1.54) is 11.0 Å². The molecule has 138 valence electrons. The zero-order chi connectivity index (χ0) is 18.2. The zero-order valence-corrected chi connectivity index (χ0v) is 15.8. The molecular formula is C21H26N2O2S. The largest absolute Gasteiger partial charge is 0.593 e. The molecule has 3 rings (SSSR count). The maximum atomic E-state index is 12.3. The van der Waals surface area contributed by atoms with Crippen LogP contribution in [-0.4, -0.2) is 46.0 Å². The first-order valence-electron chi connectivity index (χ1n) is 8.94. The lowest BCUT2D eigenvalue weighted by molar-refractivity contribution is 0.0371. The van der Waals surface area contributed by atoms with Crippen molar-refractivity contribution in [3.63, 3.8) is 0 Å². The van der Waals surface area contributed by atoms with Gasteiger partial charge in [-0.1, -0.05) is 60.7 Å². The Hall–Kier alpha value is -1.63. The van der Waals surface area contributed by atoms with Crippen LogP contribution in [0.25, 0.3) is 0 Å². The summed E-state index contributed by atoms with van der Waals surface area (Å²) in [5.41, 5.74) is 2.45. The lowest BCUT2D eigenvalue weighted by atomic mass is 10.1. The molecule has 5 heteroatoms. The maximum absolute atomic E-state index is 12.3. The van der Waals surface area contributed by atoms with Crippen molar-refractivity contribution in [2.24, 2.45) is 0 Å². The van der Waals surface area contributed by atoms with E-state index < -0.39 is 11.4 Å². The van der Waals surface area contributed by atoms with E-state index in [0.29, 0.717) is 13.2 Å². The molecule has 2 aromatic carbocycles. The van der Waals surface area contributed by atoms with Gasteiger partial charge in [-0.3, -0.25) is 4.90 Å². The standard InChI is InChI=1S/C21H26N2O2S/c1-2-26(24)23-14-13-22(15-19-9-5-3-6-10-19)16-21(23)18-25-17-20-11-7-4-8-12-20/h2-12,21H,1,13-18H2/t21-,26?/m1/s1. The molecule has 0 amide bonds. The Labute approximate surface area is 159 Å². The Morgan fingerprint density at radius 2 is 1.69 bits per heavy atom. The van der Waals surface area contributed by atoms with Crippen LogP contribution in [0.15, 0.2) is 72.7 Å². The molecule has 0 aromatic heterocycles. The van der Waals surface area contributed by atoms with Crippen LogP contribution in [0.4, 0.5) is 0 Å². The SMILES string of the molecule is C=C[S+]([O-])N1CCN(Cc2ccccc2)C[C@@H]1COCc1ccccc1. The van der Waals surface area contributed by atoms with Gasteiger partial charge in [0.25, 0.3) is 0 Å². The predicted octanol–water partition coefficient (Wildman–Crippen LogP) is 3.20. The summed E-state index contributed by atoms with van der Waals surface area (Å²) >= 11 is -1.16. The molecule has 0 saturated carbocycles. The molecule has 0 bridgehead atoms. The molecule has 0 aliphatic carbocycles. The van der Waals surface area contributed by atoms with Crippen molar-refractivity contribution in [2.75, 3.05) is 26.2 Å². The average molecular weight is 371 g/mol. The summed E-state index contributed by atoms with van der Waals surface area (Å²) in [4.78, 5) is 2.41. The summed E-state index contributed by atoms with van der Waals surface area (Å²) in [5, 5.41) is 1.51. The van der Waals surface area contributed by atoms with E-state index in [0.717, 1.165) is 31.7 Å². The van der Waals surface area contributed by atoms with Crippen LogP contribution in [0.3, 0.4) is 0 Å². The van der Waals surface area contributed by atoms with Crippen LogP contribution in [-0.2, 0) is 29.3 Å². The average Bonchev–Trinajstić information content (AvgIpc) is 2.69. The van der Waals surface area contributed by atoms with Gasteiger partial charge in [0.2, 0.25) is 0 Å². The summed E-state index contributed by atoms with van der Waals surface area (Å²) in [6, 6.07) is 20.7.